The van der Waals surface area contributed by atoms with Gasteiger partial charge >= 0.3 is 5.97 Å². The van der Waals surface area contributed by atoms with Gasteiger partial charge in [0.15, 0.2) is 5.69 Å². The summed E-state index contributed by atoms with van der Waals surface area (Å²) in [6.07, 6.45) is 2.36. The number of aromatic amines is 1. The van der Waals surface area contributed by atoms with Crippen molar-refractivity contribution in [3.63, 3.8) is 0 Å². The average Bonchev–Trinajstić information content (AvgIpc) is 2.86. The van der Waals surface area contributed by atoms with Crippen molar-refractivity contribution < 1.29 is 14.7 Å². The Kier molecular flexibility index (Phi) is 4.70. The zero-order valence-corrected chi connectivity index (χ0v) is 11.1. The van der Waals surface area contributed by atoms with Crippen LogP contribution in [0.1, 0.15) is 36.2 Å². The van der Waals surface area contributed by atoms with Crippen molar-refractivity contribution in [2.45, 2.75) is 25.7 Å². The molecule has 1 heterocycles. The van der Waals surface area contributed by atoms with Crippen molar-refractivity contribution in [3.8, 4) is 0 Å². The lowest BCUT2D eigenvalue weighted by Gasteiger charge is -2.03. The van der Waals surface area contributed by atoms with Gasteiger partial charge in [0.2, 0.25) is 0 Å². The summed E-state index contributed by atoms with van der Waals surface area (Å²) in [6, 6.07) is 7.46. The van der Waals surface area contributed by atoms with Gasteiger partial charge in [-0.2, -0.15) is 5.10 Å². The van der Waals surface area contributed by atoms with Crippen LogP contribution in [0.2, 0.25) is 0 Å². The molecule has 0 aliphatic carbocycles. The van der Waals surface area contributed by atoms with E-state index in [-0.39, 0.29) is 12.3 Å². The standard InChI is InChI=1S/C14H17N3O3/c18-12(19)8-2-1-5-9-15-14(20)13-10-6-3-4-7-11(10)16-17-13/h3-4,6-7H,1-2,5,8-9H2,(H,15,20)(H,16,17)(H,18,19). The number of hydrogen-bond donors (Lipinski definition) is 3. The molecule has 0 saturated carbocycles. The number of fused-ring (bicyclic) bond motifs is 1. The van der Waals surface area contributed by atoms with Crippen LogP contribution in [0.15, 0.2) is 24.3 Å². The number of aromatic nitrogens is 2. The van der Waals surface area contributed by atoms with Crippen molar-refractivity contribution in [1.82, 2.24) is 15.5 Å². The number of carboxylic acids is 1. The molecule has 0 spiro atoms. The van der Waals surface area contributed by atoms with Crippen LogP contribution < -0.4 is 5.32 Å². The molecule has 6 heteroatoms. The van der Waals surface area contributed by atoms with Gasteiger partial charge in [0.05, 0.1) is 5.52 Å². The topological polar surface area (TPSA) is 95.1 Å². The molecule has 20 heavy (non-hydrogen) atoms. The summed E-state index contributed by atoms with van der Waals surface area (Å²) in [7, 11) is 0. The number of nitrogens with zero attached hydrogens (tertiary/aromatic N) is 1. The van der Waals surface area contributed by atoms with Gasteiger partial charge < -0.3 is 10.4 Å². The molecule has 0 saturated heterocycles. The number of rotatable bonds is 7. The van der Waals surface area contributed by atoms with E-state index in [0.717, 1.165) is 23.7 Å². The number of hydrogen-bond acceptors (Lipinski definition) is 3. The van der Waals surface area contributed by atoms with E-state index in [9.17, 15) is 9.59 Å². The number of para-hydroxylation sites is 1. The van der Waals surface area contributed by atoms with Crippen LogP contribution in [-0.2, 0) is 4.79 Å². The average molecular weight is 275 g/mol. The Balaban J connectivity index is 1.79. The molecule has 0 unspecified atom stereocenters. The zero-order chi connectivity index (χ0) is 14.4. The van der Waals surface area contributed by atoms with Gasteiger partial charge in [-0.3, -0.25) is 14.7 Å². The van der Waals surface area contributed by atoms with E-state index in [4.69, 9.17) is 5.11 Å². The van der Waals surface area contributed by atoms with Gasteiger partial charge in [0, 0.05) is 18.4 Å². The molecule has 1 aromatic carbocycles. The third-order valence-electron chi connectivity index (χ3n) is 3.04. The Morgan fingerprint density at radius 1 is 1.20 bits per heavy atom. The summed E-state index contributed by atoms with van der Waals surface area (Å²) in [5, 5.41) is 18.9. The first-order chi connectivity index (χ1) is 9.68. The normalized spacial score (nSPS) is 10.6. The molecule has 0 fully saturated rings. The predicted molar refractivity (Wildman–Crippen MR) is 74.5 cm³/mol. The highest BCUT2D eigenvalue weighted by molar-refractivity contribution is 6.04. The van der Waals surface area contributed by atoms with Gasteiger partial charge in [-0.15, -0.1) is 0 Å². The van der Waals surface area contributed by atoms with E-state index in [2.05, 4.69) is 15.5 Å². The third-order valence-corrected chi connectivity index (χ3v) is 3.04. The Hall–Kier alpha value is -2.37. The number of H-pyrrole nitrogens is 1. The minimum atomic E-state index is -0.781. The van der Waals surface area contributed by atoms with E-state index in [0.29, 0.717) is 18.7 Å². The van der Waals surface area contributed by atoms with Crippen LogP contribution in [0.5, 0.6) is 0 Å². The Morgan fingerprint density at radius 2 is 2.00 bits per heavy atom. The lowest BCUT2D eigenvalue weighted by molar-refractivity contribution is -0.137. The number of benzene rings is 1. The minimum Gasteiger partial charge on any atom is -0.481 e. The van der Waals surface area contributed by atoms with Crippen LogP contribution in [-0.4, -0.2) is 33.7 Å². The van der Waals surface area contributed by atoms with Gasteiger partial charge in [0.25, 0.3) is 5.91 Å². The fourth-order valence-corrected chi connectivity index (χ4v) is 2.00. The quantitative estimate of drug-likeness (QED) is 0.673. The molecule has 0 atom stereocenters. The summed E-state index contributed by atoms with van der Waals surface area (Å²) in [5.41, 5.74) is 1.23. The lowest BCUT2D eigenvalue weighted by atomic mass is 10.2. The second kappa shape index (κ2) is 6.70. The molecule has 2 aromatic rings. The minimum absolute atomic E-state index is 0.179. The number of carbonyl (C=O) groups is 2. The van der Waals surface area contributed by atoms with Crippen LogP contribution in [0.25, 0.3) is 10.9 Å². The van der Waals surface area contributed by atoms with E-state index in [1.807, 2.05) is 24.3 Å². The van der Waals surface area contributed by atoms with Crippen molar-refractivity contribution in [1.29, 1.82) is 0 Å². The monoisotopic (exact) mass is 275 g/mol. The summed E-state index contributed by atoms with van der Waals surface area (Å²) in [4.78, 5) is 22.3. The molecule has 2 rings (SSSR count). The highest BCUT2D eigenvalue weighted by Crippen LogP contribution is 2.14. The van der Waals surface area contributed by atoms with Crippen LogP contribution in [0.3, 0.4) is 0 Å². The molecule has 0 aliphatic heterocycles. The van der Waals surface area contributed by atoms with E-state index in [1.54, 1.807) is 0 Å². The molecule has 1 amide bonds. The van der Waals surface area contributed by atoms with Crippen LogP contribution >= 0.6 is 0 Å². The van der Waals surface area contributed by atoms with Gasteiger partial charge in [-0.25, -0.2) is 0 Å². The largest absolute Gasteiger partial charge is 0.481 e. The Labute approximate surface area is 116 Å². The van der Waals surface area contributed by atoms with Gasteiger partial charge in [-0.1, -0.05) is 24.6 Å². The molecule has 3 N–H and O–H groups in total. The fraction of sp³-hybridized carbons (Fsp3) is 0.357. The number of aliphatic carboxylic acids is 1. The zero-order valence-electron chi connectivity index (χ0n) is 11.1. The lowest BCUT2D eigenvalue weighted by Crippen LogP contribution is -2.25. The van der Waals surface area contributed by atoms with Crippen molar-refractivity contribution in [2.24, 2.45) is 0 Å². The number of carboxylic acid groups (broad SMARTS) is 1. The first kappa shape index (κ1) is 14.0. The summed E-state index contributed by atoms with van der Waals surface area (Å²) in [6.45, 7) is 0.527. The number of unbranched alkanes of at least 4 members (excludes halogenated alkanes) is 2. The Bertz CT molecular complexity index is 606. The van der Waals surface area contributed by atoms with Crippen molar-refractivity contribution >= 4 is 22.8 Å². The SMILES string of the molecule is O=C(O)CCCCCNC(=O)c1n[nH]c2ccccc12. The van der Waals surface area contributed by atoms with Crippen LogP contribution in [0, 0.1) is 0 Å². The van der Waals surface area contributed by atoms with Crippen molar-refractivity contribution in [2.75, 3.05) is 6.54 Å². The molecule has 0 radical (unpaired) electrons. The number of carbonyl (C=O) groups excluding carboxylic acids is 1. The molecule has 1 aromatic heterocycles. The highest BCUT2D eigenvalue weighted by Gasteiger charge is 2.12. The third kappa shape index (κ3) is 3.57. The first-order valence-electron chi connectivity index (χ1n) is 6.61. The predicted octanol–water partition coefficient (Wildman–Crippen LogP) is 1.94. The smallest absolute Gasteiger partial charge is 0.303 e. The number of amides is 1. The molecule has 0 bridgehead atoms. The highest BCUT2D eigenvalue weighted by atomic mass is 16.4. The molecule has 106 valence electrons. The van der Waals surface area contributed by atoms with Gasteiger partial charge in [-0.05, 0) is 18.9 Å². The Morgan fingerprint density at radius 3 is 2.80 bits per heavy atom. The summed E-state index contributed by atoms with van der Waals surface area (Å²) in [5.74, 6) is -0.988. The second-order valence-corrected chi connectivity index (χ2v) is 4.58. The second-order valence-electron chi connectivity index (χ2n) is 4.58. The van der Waals surface area contributed by atoms with Crippen molar-refractivity contribution in [3.05, 3.63) is 30.0 Å². The maximum absolute atomic E-state index is 12.0. The summed E-state index contributed by atoms with van der Waals surface area (Å²) >= 11 is 0. The molecule has 0 aliphatic rings. The maximum atomic E-state index is 12.0. The first-order valence-corrected chi connectivity index (χ1v) is 6.61. The number of nitrogens with one attached hydrogen (secondary N) is 2. The van der Waals surface area contributed by atoms with Gasteiger partial charge in [0.1, 0.15) is 0 Å². The van der Waals surface area contributed by atoms with E-state index >= 15 is 0 Å². The molecule has 6 nitrogen and oxygen atoms in total. The summed E-state index contributed by atoms with van der Waals surface area (Å²) < 4.78 is 0. The van der Waals surface area contributed by atoms with E-state index in [1.165, 1.54) is 0 Å². The maximum Gasteiger partial charge on any atom is 0.303 e. The van der Waals surface area contributed by atoms with E-state index < -0.39 is 5.97 Å². The molecular weight excluding hydrogens is 258 g/mol. The molecular formula is C14H17N3O3. The fourth-order valence-electron chi connectivity index (χ4n) is 2.00. The van der Waals surface area contributed by atoms with Crippen LogP contribution in [0.4, 0.5) is 0 Å².